The molecule has 2 heterocycles. The lowest BCUT2D eigenvalue weighted by molar-refractivity contribution is 0.126. The molecule has 3 N–H and O–H groups in total. The van der Waals surface area contributed by atoms with Gasteiger partial charge in [0.05, 0.1) is 24.6 Å². The predicted molar refractivity (Wildman–Crippen MR) is 71.9 cm³/mol. The van der Waals surface area contributed by atoms with Crippen LogP contribution in [0.2, 0.25) is 0 Å². The summed E-state index contributed by atoms with van der Waals surface area (Å²) in [5.41, 5.74) is 7.96. The molecule has 2 fully saturated rings. The van der Waals surface area contributed by atoms with Crippen molar-refractivity contribution in [3.8, 4) is 5.75 Å². The highest BCUT2D eigenvalue weighted by Gasteiger charge is 2.41. The van der Waals surface area contributed by atoms with Crippen LogP contribution in [0, 0.1) is 0 Å². The SMILES string of the molecule is COc1cccc(N2C3CCC2CC(O)C3)c1N. The van der Waals surface area contributed by atoms with Gasteiger partial charge in [0, 0.05) is 12.1 Å². The molecule has 0 amide bonds. The normalized spacial score (nSPS) is 30.6. The minimum Gasteiger partial charge on any atom is -0.495 e. The molecular weight excluding hydrogens is 228 g/mol. The lowest BCUT2D eigenvalue weighted by atomic mass is 9.98. The third-order valence-electron chi connectivity index (χ3n) is 4.25. The van der Waals surface area contributed by atoms with Crippen molar-refractivity contribution in [2.75, 3.05) is 17.7 Å². The average Bonchev–Trinajstić information content (AvgIpc) is 2.62. The lowest BCUT2D eigenvalue weighted by Crippen LogP contribution is -2.45. The summed E-state index contributed by atoms with van der Waals surface area (Å²) in [6.07, 6.45) is 3.86. The van der Waals surface area contributed by atoms with Crippen LogP contribution in [0.4, 0.5) is 11.4 Å². The van der Waals surface area contributed by atoms with Gasteiger partial charge in [0.2, 0.25) is 0 Å². The molecule has 0 aliphatic carbocycles. The predicted octanol–water partition coefficient (Wildman–Crippen LogP) is 1.77. The molecule has 2 bridgehead atoms. The number of rotatable bonds is 2. The second kappa shape index (κ2) is 4.35. The zero-order valence-electron chi connectivity index (χ0n) is 10.7. The Morgan fingerprint density at radius 3 is 2.56 bits per heavy atom. The van der Waals surface area contributed by atoms with Crippen molar-refractivity contribution in [2.45, 2.75) is 43.9 Å². The van der Waals surface area contributed by atoms with Gasteiger partial charge in [0.15, 0.2) is 0 Å². The molecule has 2 aliphatic rings. The van der Waals surface area contributed by atoms with Crippen LogP contribution in [-0.2, 0) is 0 Å². The summed E-state index contributed by atoms with van der Waals surface area (Å²) in [5.74, 6) is 0.734. The molecule has 1 aromatic rings. The van der Waals surface area contributed by atoms with Crippen molar-refractivity contribution in [3.63, 3.8) is 0 Å². The highest BCUT2D eigenvalue weighted by molar-refractivity contribution is 5.75. The molecule has 2 unspecified atom stereocenters. The van der Waals surface area contributed by atoms with Crippen LogP contribution >= 0.6 is 0 Å². The molecule has 4 heteroatoms. The number of aliphatic hydroxyl groups is 1. The number of aliphatic hydroxyl groups excluding tert-OH is 1. The summed E-state index contributed by atoms with van der Waals surface area (Å²) < 4.78 is 5.29. The number of hydrogen-bond donors (Lipinski definition) is 2. The van der Waals surface area contributed by atoms with Crippen LogP contribution in [0.25, 0.3) is 0 Å². The molecule has 3 rings (SSSR count). The smallest absolute Gasteiger partial charge is 0.143 e. The number of nitrogens with zero attached hydrogens (tertiary/aromatic N) is 1. The van der Waals surface area contributed by atoms with E-state index >= 15 is 0 Å². The van der Waals surface area contributed by atoms with E-state index in [-0.39, 0.29) is 6.10 Å². The molecule has 0 saturated carbocycles. The van der Waals surface area contributed by atoms with Crippen LogP contribution in [0.3, 0.4) is 0 Å². The van der Waals surface area contributed by atoms with Gasteiger partial charge >= 0.3 is 0 Å². The Hall–Kier alpha value is -1.42. The number of piperidine rings is 1. The van der Waals surface area contributed by atoms with Gasteiger partial charge in [0.25, 0.3) is 0 Å². The first kappa shape index (κ1) is 11.7. The van der Waals surface area contributed by atoms with E-state index in [9.17, 15) is 5.11 Å². The van der Waals surface area contributed by atoms with Gasteiger partial charge < -0.3 is 20.5 Å². The Balaban J connectivity index is 1.96. The quantitative estimate of drug-likeness (QED) is 0.783. The number of hydrogen-bond acceptors (Lipinski definition) is 4. The van der Waals surface area contributed by atoms with Crippen molar-refractivity contribution in [1.29, 1.82) is 0 Å². The van der Waals surface area contributed by atoms with E-state index in [0.29, 0.717) is 17.8 Å². The van der Waals surface area contributed by atoms with Crippen LogP contribution in [0.5, 0.6) is 5.75 Å². The Morgan fingerprint density at radius 2 is 1.94 bits per heavy atom. The second-order valence-electron chi connectivity index (χ2n) is 5.31. The first-order valence-corrected chi connectivity index (χ1v) is 6.59. The molecule has 0 radical (unpaired) electrons. The van der Waals surface area contributed by atoms with E-state index in [2.05, 4.69) is 11.0 Å². The fourth-order valence-electron chi connectivity index (χ4n) is 3.48. The van der Waals surface area contributed by atoms with Gasteiger partial charge in [-0.2, -0.15) is 0 Å². The van der Waals surface area contributed by atoms with Crippen LogP contribution in [-0.4, -0.2) is 30.4 Å². The molecule has 0 spiro atoms. The van der Waals surface area contributed by atoms with Crippen molar-refractivity contribution in [3.05, 3.63) is 18.2 Å². The van der Waals surface area contributed by atoms with Crippen molar-refractivity contribution < 1.29 is 9.84 Å². The molecule has 2 saturated heterocycles. The molecule has 18 heavy (non-hydrogen) atoms. The molecule has 2 aliphatic heterocycles. The van der Waals surface area contributed by atoms with Crippen LogP contribution in [0.15, 0.2) is 18.2 Å². The maximum Gasteiger partial charge on any atom is 0.143 e. The Bertz CT molecular complexity index is 435. The average molecular weight is 248 g/mol. The number of fused-ring (bicyclic) bond motifs is 2. The number of nitrogens with two attached hydrogens (primary N) is 1. The van der Waals surface area contributed by atoms with Gasteiger partial charge in [-0.3, -0.25) is 0 Å². The molecule has 4 nitrogen and oxygen atoms in total. The standard InChI is InChI=1S/C14H20N2O2/c1-18-13-4-2-3-12(14(13)15)16-9-5-6-10(16)8-11(17)7-9/h2-4,9-11,17H,5-8,15H2,1H3. The summed E-state index contributed by atoms with van der Waals surface area (Å²) in [4.78, 5) is 2.39. The molecule has 98 valence electrons. The van der Waals surface area contributed by atoms with Gasteiger partial charge in [-0.1, -0.05) is 6.07 Å². The largest absolute Gasteiger partial charge is 0.495 e. The van der Waals surface area contributed by atoms with Gasteiger partial charge in [0.1, 0.15) is 5.75 Å². The third-order valence-corrected chi connectivity index (χ3v) is 4.25. The fourth-order valence-corrected chi connectivity index (χ4v) is 3.48. The third kappa shape index (κ3) is 1.72. The summed E-state index contributed by atoms with van der Waals surface area (Å²) in [6.45, 7) is 0. The van der Waals surface area contributed by atoms with E-state index in [1.165, 1.54) is 0 Å². The van der Waals surface area contributed by atoms with Crippen molar-refractivity contribution in [1.82, 2.24) is 0 Å². The highest BCUT2D eigenvalue weighted by Crippen LogP contribution is 2.43. The van der Waals surface area contributed by atoms with Crippen molar-refractivity contribution in [2.24, 2.45) is 0 Å². The Kier molecular flexibility index (Phi) is 2.82. The monoisotopic (exact) mass is 248 g/mol. The number of anilines is 2. The van der Waals surface area contributed by atoms with E-state index in [4.69, 9.17) is 10.5 Å². The lowest BCUT2D eigenvalue weighted by Gasteiger charge is -2.39. The van der Waals surface area contributed by atoms with Crippen LogP contribution in [0.1, 0.15) is 25.7 Å². The minimum absolute atomic E-state index is 0.148. The second-order valence-corrected chi connectivity index (χ2v) is 5.31. The number of ether oxygens (including phenoxy) is 1. The van der Waals surface area contributed by atoms with Gasteiger partial charge in [-0.15, -0.1) is 0 Å². The molecule has 1 aromatic carbocycles. The Labute approximate surface area is 107 Å². The topological polar surface area (TPSA) is 58.7 Å². The van der Waals surface area contributed by atoms with Gasteiger partial charge in [-0.25, -0.2) is 0 Å². The van der Waals surface area contributed by atoms with E-state index < -0.39 is 0 Å². The van der Waals surface area contributed by atoms with Gasteiger partial charge in [-0.05, 0) is 37.8 Å². The van der Waals surface area contributed by atoms with E-state index in [0.717, 1.165) is 37.1 Å². The minimum atomic E-state index is -0.148. The first-order valence-electron chi connectivity index (χ1n) is 6.59. The first-order chi connectivity index (χ1) is 8.70. The molecule has 2 atom stereocenters. The molecule has 0 aromatic heterocycles. The zero-order chi connectivity index (χ0) is 12.7. The summed E-state index contributed by atoms with van der Waals surface area (Å²) in [5, 5.41) is 9.84. The summed E-state index contributed by atoms with van der Waals surface area (Å²) >= 11 is 0. The van der Waals surface area contributed by atoms with E-state index in [1.807, 2.05) is 12.1 Å². The molecular formula is C14H20N2O2. The highest BCUT2D eigenvalue weighted by atomic mass is 16.5. The Morgan fingerprint density at radius 1 is 1.28 bits per heavy atom. The number of benzene rings is 1. The van der Waals surface area contributed by atoms with Crippen molar-refractivity contribution >= 4 is 11.4 Å². The maximum absolute atomic E-state index is 9.84. The summed E-state index contributed by atoms with van der Waals surface area (Å²) in [7, 11) is 1.64. The van der Waals surface area contributed by atoms with Crippen LogP contribution < -0.4 is 15.4 Å². The summed E-state index contributed by atoms with van der Waals surface area (Å²) in [6, 6.07) is 6.77. The number of methoxy groups -OCH3 is 1. The fraction of sp³-hybridized carbons (Fsp3) is 0.571. The zero-order valence-corrected chi connectivity index (χ0v) is 10.7. The maximum atomic E-state index is 9.84. The van der Waals surface area contributed by atoms with E-state index in [1.54, 1.807) is 7.11 Å². The number of para-hydroxylation sites is 1. The number of nitrogen functional groups attached to an aromatic ring is 1.